The van der Waals surface area contributed by atoms with Crippen LogP contribution >= 0.6 is 0 Å². The van der Waals surface area contributed by atoms with Crippen molar-refractivity contribution in [3.8, 4) is 0 Å². The monoisotopic (exact) mass is 280 g/mol. The number of hydrogen-bond acceptors (Lipinski definition) is 3. The highest BCUT2D eigenvalue weighted by atomic mass is 16.5. The number of hydrogen-bond donors (Lipinski definition) is 0. The first-order valence-electron chi connectivity index (χ1n) is 6.89. The van der Waals surface area contributed by atoms with E-state index in [0.717, 1.165) is 26.4 Å². The van der Waals surface area contributed by atoms with E-state index in [-0.39, 0.29) is 6.42 Å². The molecule has 1 atom stereocenters. The molecule has 0 amide bonds. The van der Waals surface area contributed by atoms with E-state index in [9.17, 15) is 9.59 Å². The maximum Gasteiger partial charge on any atom is 0.441 e. The summed E-state index contributed by atoms with van der Waals surface area (Å²) in [5.41, 5.74) is 9.43. The van der Waals surface area contributed by atoms with Gasteiger partial charge in [0.25, 0.3) is 5.78 Å². The Morgan fingerprint density at radius 3 is 2.45 bits per heavy atom. The molecule has 0 saturated carbocycles. The second kappa shape index (κ2) is 10.1. The Balaban J connectivity index is 4.05. The first-order chi connectivity index (χ1) is 9.42. The number of nitrogens with zero attached hydrogens (tertiary/aromatic N) is 2. The van der Waals surface area contributed by atoms with Gasteiger partial charge in [-0.15, -0.1) is 0 Å². The van der Waals surface area contributed by atoms with Crippen molar-refractivity contribution in [3.63, 3.8) is 0 Å². The summed E-state index contributed by atoms with van der Waals surface area (Å²) >= 11 is 0. The van der Waals surface area contributed by atoms with Gasteiger partial charge in [-0.2, -0.15) is 4.79 Å². The second-order valence-corrected chi connectivity index (χ2v) is 5.22. The number of esters is 1. The van der Waals surface area contributed by atoms with Gasteiger partial charge in [0.1, 0.15) is 0 Å². The summed E-state index contributed by atoms with van der Waals surface area (Å²) in [6.07, 6.45) is 6.10. The van der Waals surface area contributed by atoms with Gasteiger partial charge in [-0.1, -0.05) is 25.0 Å². The number of ketones is 1. The number of methoxy groups -OCH3 is 1. The third kappa shape index (κ3) is 7.64. The fourth-order valence-corrected chi connectivity index (χ4v) is 1.84. The maximum atomic E-state index is 11.7. The molecule has 0 fully saturated rings. The Morgan fingerprint density at radius 1 is 1.30 bits per heavy atom. The minimum Gasteiger partial charge on any atom is -0.460 e. The lowest BCUT2D eigenvalue weighted by Crippen LogP contribution is -2.26. The molecule has 5 heteroatoms. The number of Topliss-reactive ketones (excluding diaryl/α,β-unsaturated/α-hetero) is 1. The zero-order valence-electron chi connectivity index (χ0n) is 12.8. The Kier molecular flexibility index (Phi) is 9.22. The van der Waals surface area contributed by atoms with E-state index in [1.54, 1.807) is 0 Å². The summed E-state index contributed by atoms with van der Waals surface area (Å²) in [5, 5.41) is 0. The third-order valence-corrected chi connectivity index (χ3v) is 3.06. The Morgan fingerprint density at radius 2 is 1.95 bits per heavy atom. The second-order valence-electron chi connectivity index (χ2n) is 5.22. The Labute approximate surface area is 120 Å². The van der Waals surface area contributed by atoms with Gasteiger partial charge in [-0.05, 0) is 39.0 Å². The molecule has 0 aromatic rings. The summed E-state index contributed by atoms with van der Waals surface area (Å²) in [5.74, 6) is -0.851. The molecule has 0 rings (SSSR count). The molecule has 0 spiro atoms. The van der Waals surface area contributed by atoms with Gasteiger partial charge in [0, 0.05) is 6.42 Å². The average Bonchev–Trinajstić information content (AvgIpc) is 2.38. The zero-order chi connectivity index (χ0) is 15.5. The van der Waals surface area contributed by atoms with Crippen molar-refractivity contribution < 1.29 is 19.1 Å². The van der Waals surface area contributed by atoms with Crippen molar-refractivity contribution in [2.75, 3.05) is 7.11 Å². The highest BCUT2D eigenvalue weighted by molar-refractivity contribution is 6.62. The molecule has 112 valence electrons. The van der Waals surface area contributed by atoms with Crippen LogP contribution in [0.2, 0.25) is 0 Å². The van der Waals surface area contributed by atoms with E-state index in [4.69, 9.17) is 5.53 Å². The topological polar surface area (TPSA) is 79.8 Å². The van der Waals surface area contributed by atoms with Gasteiger partial charge in [0.05, 0.1) is 7.11 Å². The molecule has 0 aromatic heterocycles. The Hall–Kier alpha value is -1.74. The SMILES string of the molecule is COC(=O)C(=[N+]=[N-])C(=O)CCCC(C)CCC=C(C)C. The molecular formula is C15H24N2O3. The summed E-state index contributed by atoms with van der Waals surface area (Å²) in [4.78, 5) is 25.5. The van der Waals surface area contributed by atoms with E-state index in [1.165, 1.54) is 5.57 Å². The van der Waals surface area contributed by atoms with Crippen LogP contribution in [0.3, 0.4) is 0 Å². The Bertz CT molecular complexity index is 417. The standard InChI is InChI=1S/C15H24N2O3/c1-11(2)7-5-8-12(3)9-6-10-13(18)14(17-16)15(19)20-4/h7,12H,5-6,8-10H2,1-4H3. The predicted octanol–water partition coefficient (Wildman–Crippen LogP) is 2.95. The van der Waals surface area contributed by atoms with Gasteiger partial charge in [0.2, 0.25) is 0 Å². The lowest BCUT2D eigenvalue weighted by molar-refractivity contribution is -0.139. The lowest BCUT2D eigenvalue weighted by atomic mass is 9.97. The predicted molar refractivity (Wildman–Crippen MR) is 77.3 cm³/mol. The molecule has 0 N–H and O–H groups in total. The van der Waals surface area contributed by atoms with Crippen molar-refractivity contribution in [2.45, 2.75) is 52.9 Å². The normalized spacial score (nSPS) is 11.2. The van der Waals surface area contributed by atoms with Crippen LogP contribution in [0.4, 0.5) is 0 Å². The van der Waals surface area contributed by atoms with Crippen LogP contribution in [0, 0.1) is 5.92 Å². The number of ether oxygens (including phenoxy) is 1. The summed E-state index contributed by atoms with van der Waals surface area (Å²) < 4.78 is 4.37. The first kappa shape index (κ1) is 18.3. The van der Waals surface area contributed by atoms with E-state index in [2.05, 4.69) is 36.4 Å². The van der Waals surface area contributed by atoms with Crippen molar-refractivity contribution in [1.29, 1.82) is 0 Å². The molecule has 0 saturated heterocycles. The van der Waals surface area contributed by atoms with Crippen molar-refractivity contribution >= 4 is 17.5 Å². The summed E-state index contributed by atoms with van der Waals surface area (Å²) in [6, 6.07) is 0. The summed E-state index contributed by atoms with van der Waals surface area (Å²) in [7, 11) is 1.14. The van der Waals surface area contributed by atoms with Crippen LogP contribution in [0.25, 0.3) is 5.53 Å². The highest BCUT2D eigenvalue weighted by Gasteiger charge is 2.29. The molecule has 0 aliphatic rings. The number of rotatable bonds is 9. The number of allylic oxidation sites excluding steroid dienone is 2. The minimum atomic E-state index is -0.894. The number of carbonyl (C=O) groups excluding carboxylic acids is 2. The maximum absolute atomic E-state index is 11.7. The van der Waals surface area contributed by atoms with E-state index in [0.29, 0.717) is 12.3 Å². The molecule has 0 heterocycles. The van der Waals surface area contributed by atoms with E-state index >= 15 is 0 Å². The fraction of sp³-hybridized carbons (Fsp3) is 0.667. The highest BCUT2D eigenvalue weighted by Crippen LogP contribution is 2.15. The molecule has 0 aromatic carbocycles. The van der Waals surface area contributed by atoms with E-state index < -0.39 is 17.5 Å². The molecular weight excluding hydrogens is 256 g/mol. The zero-order valence-corrected chi connectivity index (χ0v) is 12.8. The molecule has 0 aliphatic heterocycles. The largest absolute Gasteiger partial charge is 0.460 e. The van der Waals surface area contributed by atoms with Gasteiger partial charge in [0.15, 0.2) is 0 Å². The fourth-order valence-electron chi connectivity index (χ4n) is 1.84. The molecule has 5 nitrogen and oxygen atoms in total. The van der Waals surface area contributed by atoms with E-state index in [1.807, 2.05) is 0 Å². The van der Waals surface area contributed by atoms with Crippen molar-refractivity contribution in [1.82, 2.24) is 0 Å². The minimum absolute atomic E-state index is 0.196. The van der Waals surface area contributed by atoms with Gasteiger partial charge in [-0.25, -0.2) is 4.79 Å². The molecule has 0 aliphatic carbocycles. The van der Waals surface area contributed by atoms with Crippen LogP contribution < -0.4 is 0 Å². The lowest BCUT2D eigenvalue weighted by Gasteiger charge is -2.08. The summed E-state index contributed by atoms with van der Waals surface area (Å²) in [6.45, 7) is 6.29. The van der Waals surface area contributed by atoms with Gasteiger partial charge >= 0.3 is 11.7 Å². The van der Waals surface area contributed by atoms with Crippen molar-refractivity contribution in [3.05, 3.63) is 17.2 Å². The average molecular weight is 280 g/mol. The molecule has 0 radical (unpaired) electrons. The molecule has 1 unspecified atom stereocenters. The van der Waals surface area contributed by atoms with Gasteiger partial charge in [-0.3, -0.25) is 4.79 Å². The van der Waals surface area contributed by atoms with Crippen molar-refractivity contribution in [2.24, 2.45) is 5.92 Å². The molecule has 20 heavy (non-hydrogen) atoms. The third-order valence-electron chi connectivity index (χ3n) is 3.06. The number of carbonyl (C=O) groups is 2. The quantitative estimate of drug-likeness (QED) is 0.163. The molecule has 0 bridgehead atoms. The van der Waals surface area contributed by atoms with Crippen LogP contribution in [0.1, 0.15) is 52.9 Å². The van der Waals surface area contributed by atoms with Crippen LogP contribution in [-0.4, -0.2) is 29.4 Å². The van der Waals surface area contributed by atoms with Crippen LogP contribution in [-0.2, 0) is 14.3 Å². The van der Waals surface area contributed by atoms with Crippen LogP contribution in [0.15, 0.2) is 11.6 Å². The van der Waals surface area contributed by atoms with Gasteiger partial charge < -0.3 is 10.3 Å². The first-order valence-corrected chi connectivity index (χ1v) is 6.89. The van der Waals surface area contributed by atoms with Crippen LogP contribution in [0.5, 0.6) is 0 Å². The smallest absolute Gasteiger partial charge is 0.441 e.